The van der Waals surface area contributed by atoms with E-state index in [0.717, 1.165) is 16.2 Å². The number of aryl methyl sites for hydroxylation is 1. The Balaban J connectivity index is 1.64. The van der Waals surface area contributed by atoms with E-state index in [1.54, 1.807) is 30.3 Å². The molecule has 0 bridgehead atoms. The summed E-state index contributed by atoms with van der Waals surface area (Å²) in [6, 6.07) is 11.9. The van der Waals surface area contributed by atoms with Crippen LogP contribution in [0.5, 0.6) is 0 Å². The number of amides is 2. The third-order valence-electron chi connectivity index (χ3n) is 3.59. The number of hydrogen-bond donors (Lipinski definition) is 2. The molecule has 0 saturated heterocycles. The van der Waals surface area contributed by atoms with Crippen LogP contribution < -0.4 is 11.1 Å². The van der Waals surface area contributed by atoms with Gasteiger partial charge in [-0.05, 0) is 42.5 Å². The van der Waals surface area contributed by atoms with Gasteiger partial charge >= 0.3 is 0 Å². The zero-order valence-electron chi connectivity index (χ0n) is 13.3. The lowest BCUT2D eigenvalue weighted by Crippen LogP contribution is -2.15. The summed E-state index contributed by atoms with van der Waals surface area (Å²) < 4.78 is 1.92. The first-order valence-corrected chi connectivity index (χ1v) is 8.75. The summed E-state index contributed by atoms with van der Waals surface area (Å²) in [6.07, 6.45) is 0. The van der Waals surface area contributed by atoms with E-state index >= 15 is 0 Å². The zero-order chi connectivity index (χ0) is 18.0. The van der Waals surface area contributed by atoms with Crippen molar-refractivity contribution in [1.29, 1.82) is 0 Å². The molecule has 1 heterocycles. The zero-order valence-corrected chi connectivity index (χ0v) is 14.9. The van der Waals surface area contributed by atoms with Crippen LogP contribution in [0.1, 0.15) is 10.4 Å². The number of primary amides is 1. The first-order valence-electron chi connectivity index (χ1n) is 7.38. The Kier molecular flexibility index (Phi) is 4.96. The van der Waals surface area contributed by atoms with Crippen molar-refractivity contribution >= 4 is 51.9 Å². The lowest BCUT2D eigenvalue weighted by Gasteiger charge is -2.06. The van der Waals surface area contributed by atoms with Gasteiger partial charge in [0.2, 0.25) is 11.8 Å². The highest BCUT2D eigenvalue weighted by molar-refractivity contribution is 7.99. The van der Waals surface area contributed by atoms with E-state index < -0.39 is 5.91 Å². The van der Waals surface area contributed by atoms with Gasteiger partial charge in [0.15, 0.2) is 5.16 Å². The molecule has 128 valence electrons. The summed E-state index contributed by atoms with van der Waals surface area (Å²) in [7, 11) is 1.89. The first kappa shape index (κ1) is 17.3. The number of hydrogen-bond acceptors (Lipinski definition) is 4. The van der Waals surface area contributed by atoms with Gasteiger partial charge in [-0.3, -0.25) is 9.59 Å². The van der Waals surface area contributed by atoms with Crippen LogP contribution in [0, 0.1) is 0 Å². The van der Waals surface area contributed by atoms with Gasteiger partial charge in [0.1, 0.15) is 0 Å². The molecule has 3 rings (SSSR count). The normalized spacial score (nSPS) is 10.8. The molecule has 0 aliphatic heterocycles. The molecule has 0 aliphatic carbocycles. The number of benzene rings is 2. The van der Waals surface area contributed by atoms with E-state index in [9.17, 15) is 9.59 Å². The number of anilines is 1. The topological polar surface area (TPSA) is 90.0 Å². The highest BCUT2D eigenvalue weighted by Gasteiger charge is 2.11. The summed E-state index contributed by atoms with van der Waals surface area (Å²) in [5.41, 5.74) is 7.93. The molecule has 0 atom stereocenters. The van der Waals surface area contributed by atoms with Crippen LogP contribution in [-0.4, -0.2) is 27.1 Å². The van der Waals surface area contributed by atoms with Crippen molar-refractivity contribution in [1.82, 2.24) is 9.55 Å². The fourth-order valence-electron chi connectivity index (χ4n) is 2.32. The average molecular weight is 375 g/mol. The maximum Gasteiger partial charge on any atom is 0.248 e. The molecule has 6 nitrogen and oxygen atoms in total. The monoisotopic (exact) mass is 374 g/mol. The number of fused-ring (bicyclic) bond motifs is 1. The third kappa shape index (κ3) is 3.94. The van der Waals surface area contributed by atoms with Crippen molar-refractivity contribution in [2.45, 2.75) is 5.16 Å². The smallest absolute Gasteiger partial charge is 0.248 e. The quantitative estimate of drug-likeness (QED) is 0.671. The van der Waals surface area contributed by atoms with Crippen molar-refractivity contribution in [2.75, 3.05) is 11.1 Å². The fourth-order valence-corrected chi connectivity index (χ4v) is 3.28. The Hall–Kier alpha value is -2.51. The number of halogens is 1. The van der Waals surface area contributed by atoms with Crippen LogP contribution >= 0.6 is 23.4 Å². The van der Waals surface area contributed by atoms with Crippen LogP contribution in [-0.2, 0) is 11.8 Å². The summed E-state index contributed by atoms with van der Waals surface area (Å²) >= 11 is 7.32. The van der Waals surface area contributed by atoms with Gasteiger partial charge < -0.3 is 15.6 Å². The molecule has 3 aromatic rings. The number of nitrogens with one attached hydrogen (secondary N) is 1. The third-order valence-corrected chi connectivity index (χ3v) is 4.85. The Morgan fingerprint density at radius 1 is 1.24 bits per heavy atom. The van der Waals surface area contributed by atoms with Gasteiger partial charge in [0, 0.05) is 23.3 Å². The fraction of sp³-hybridized carbons (Fsp3) is 0.118. The Morgan fingerprint density at radius 3 is 2.64 bits per heavy atom. The second kappa shape index (κ2) is 7.16. The van der Waals surface area contributed by atoms with E-state index in [-0.39, 0.29) is 11.7 Å². The minimum Gasteiger partial charge on any atom is -0.366 e. The number of carbonyl (C=O) groups is 2. The van der Waals surface area contributed by atoms with E-state index in [1.807, 2.05) is 23.7 Å². The second-order valence-electron chi connectivity index (χ2n) is 5.36. The molecule has 2 aromatic carbocycles. The minimum atomic E-state index is -0.504. The number of carbonyl (C=O) groups excluding carboxylic acids is 2. The average Bonchev–Trinajstić information content (AvgIpc) is 2.88. The van der Waals surface area contributed by atoms with Crippen molar-refractivity contribution in [3.05, 3.63) is 53.1 Å². The largest absolute Gasteiger partial charge is 0.366 e. The number of aromatic nitrogens is 2. The highest BCUT2D eigenvalue weighted by atomic mass is 35.5. The number of nitrogens with two attached hydrogens (primary N) is 1. The molecule has 0 fully saturated rings. The molecule has 25 heavy (non-hydrogen) atoms. The standard InChI is InChI=1S/C17H15ClN4O2S/c1-22-14-7-4-11(18)8-13(14)21-17(22)25-9-15(23)20-12-5-2-10(3-6-12)16(19)24/h2-8H,9H2,1H3,(H2,19,24)(H,20,23). The molecule has 3 N–H and O–H groups in total. The molecule has 2 amide bonds. The lowest BCUT2D eigenvalue weighted by atomic mass is 10.2. The van der Waals surface area contributed by atoms with Crippen molar-refractivity contribution < 1.29 is 9.59 Å². The van der Waals surface area contributed by atoms with Gasteiger partial charge in [0.05, 0.1) is 16.8 Å². The summed E-state index contributed by atoms with van der Waals surface area (Å²) in [5, 5.41) is 4.13. The molecule has 8 heteroatoms. The number of nitrogens with zero attached hydrogens (tertiary/aromatic N) is 2. The maximum atomic E-state index is 12.1. The number of rotatable bonds is 5. The predicted octanol–water partition coefficient (Wildman–Crippen LogP) is 3.06. The van der Waals surface area contributed by atoms with Crippen LogP contribution in [0.15, 0.2) is 47.6 Å². The van der Waals surface area contributed by atoms with Gasteiger partial charge in [-0.2, -0.15) is 0 Å². The molecular weight excluding hydrogens is 360 g/mol. The molecule has 0 aliphatic rings. The maximum absolute atomic E-state index is 12.1. The van der Waals surface area contributed by atoms with Gasteiger partial charge in [-0.1, -0.05) is 23.4 Å². The predicted molar refractivity (Wildman–Crippen MR) is 100 cm³/mol. The Bertz CT molecular complexity index is 953. The number of imidazole rings is 1. The molecule has 0 spiro atoms. The highest BCUT2D eigenvalue weighted by Crippen LogP contribution is 2.25. The Morgan fingerprint density at radius 2 is 1.96 bits per heavy atom. The molecule has 0 saturated carbocycles. The Labute approximate surface area is 153 Å². The van der Waals surface area contributed by atoms with Gasteiger partial charge in [-0.15, -0.1) is 0 Å². The van der Waals surface area contributed by atoms with Crippen LogP contribution in [0.4, 0.5) is 5.69 Å². The van der Waals surface area contributed by atoms with Crippen molar-refractivity contribution in [3.63, 3.8) is 0 Å². The second-order valence-corrected chi connectivity index (χ2v) is 6.74. The SMILES string of the molecule is Cn1c(SCC(=O)Nc2ccc(C(N)=O)cc2)nc2cc(Cl)ccc21. The van der Waals surface area contributed by atoms with Crippen LogP contribution in [0.25, 0.3) is 11.0 Å². The molecule has 0 unspecified atom stereocenters. The number of thioether (sulfide) groups is 1. The molecule has 0 radical (unpaired) electrons. The van der Waals surface area contributed by atoms with Crippen molar-refractivity contribution in [3.8, 4) is 0 Å². The minimum absolute atomic E-state index is 0.165. The first-order chi connectivity index (χ1) is 11.9. The van der Waals surface area contributed by atoms with E-state index in [2.05, 4.69) is 10.3 Å². The van der Waals surface area contributed by atoms with Crippen LogP contribution in [0.2, 0.25) is 5.02 Å². The molecule has 1 aromatic heterocycles. The van der Waals surface area contributed by atoms with Gasteiger partial charge in [0.25, 0.3) is 0 Å². The summed E-state index contributed by atoms with van der Waals surface area (Å²) in [6.45, 7) is 0. The van der Waals surface area contributed by atoms with E-state index in [4.69, 9.17) is 17.3 Å². The summed E-state index contributed by atoms with van der Waals surface area (Å²) in [5.74, 6) is -0.458. The van der Waals surface area contributed by atoms with E-state index in [0.29, 0.717) is 16.3 Å². The lowest BCUT2D eigenvalue weighted by molar-refractivity contribution is -0.113. The van der Waals surface area contributed by atoms with Crippen LogP contribution in [0.3, 0.4) is 0 Å². The molecular formula is C17H15ClN4O2S. The van der Waals surface area contributed by atoms with Gasteiger partial charge in [-0.25, -0.2) is 4.98 Å². The summed E-state index contributed by atoms with van der Waals surface area (Å²) in [4.78, 5) is 27.6. The van der Waals surface area contributed by atoms with Crippen molar-refractivity contribution in [2.24, 2.45) is 12.8 Å². The van der Waals surface area contributed by atoms with E-state index in [1.165, 1.54) is 11.8 Å².